The van der Waals surface area contributed by atoms with Gasteiger partial charge in [0.25, 0.3) is 5.56 Å². The minimum absolute atomic E-state index is 0.0335. The average molecular weight is 366 g/mol. The number of halogens is 2. The quantitative estimate of drug-likeness (QED) is 0.870. The van der Waals surface area contributed by atoms with Crippen molar-refractivity contribution in [3.63, 3.8) is 0 Å². The van der Waals surface area contributed by atoms with Crippen LogP contribution in [0.4, 0.5) is 4.39 Å². The molecule has 0 bridgehead atoms. The van der Waals surface area contributed by atoms with E-state index >= 15 is 0 Å². The van der Waals surface area contributed by atoms with Crippen LogP contribution >= 0.6 is 11.6 Å². The molecule has 3 rings (SSSR count). The van der Waals surface area contributed by atoms with Crippen LogP contribution in [-0.4, -0.2) is 24.3 Å². The van der Waals surface area contributed by atoms with Crippen LogP contribution in [0.25, 0.3) is 0 Å². The third-order valence-corrected chi connectivity index (χ3v) is 4.74. The van der Waals surface area contributed by atoms with Crippen molar-refractivity contribution in [3.8, 4) is 0 Å². The van der Waals surface area contributed by atoms with Gasteiger partial charge in [-0.25, -0.2) is 4.39 Å². The zero-order chi connectivity index (χ0) is 17.8. The highest BCUT2D eigenvalue weighted by atomic mass is 35.5. The van der Waals surface area contributed by atoms with Gasteiger partial charge in [0, 0.05) is 43.9 Å². The summed E-state index contributed by atoms with van der Waals surface area (Å²) in [6.07, 6.45) is 1.42. The molecule has 1 fully saturated rings. The number of nitrogens with zero attached hydrogens (tertiary/aromatic N) is 1. The fraction of sp³-hybridized carbons (Fsp3) is 0.389. The van der Waals surface area contributed by atoms with Gasteiger partial charge >= 0.3 is 0 Å². The zero-order valence-electron chi connectivity index (χ0n) is 13.8. The van der Waals surface area contributed by atoms with Crippen LogP contribution in [0.15, 0.2) is 41.3 Å². The van der Waals surface area contributed by atoms with E-state index in [2.05, 4.69) is 5.32 Å². The number of rotatable bonds is 4. The van der Waals surface area contributed by atoms with Crippen molar-refractivity contribution >= 4 is 11.6 Å². The Hall–Kier alpha value is -1.73. The van der Waals surface area contributed by atoms with Crippen molar-refractivity contribution < 1.29 is 9.13 Å². The Morgan fingerprint density at radius 1 is 1.40 bits per heavy atom. The average Bonchev–Trinajstić information content (AvgIpc) is 2.85. The lowest BCUT2D eigenvalue weighted by atomic mass is 9.95. The summed E-state index contributed by atoms with van der Waals surface area (Å²) in [7, 11) is 0. The van der Waals surface area contributed by atoms with Gasteiger partial charge in [-0.05, 0) is 23.8 Å². The molecular weight excluding hydrogens is 345 g/mol. The van der Waals surface area contributed by atoms with E-state index in [0.29, 0.717) is 31.8 Å². The van der Waals surface area contributed by atoms with E-state index in [1.807, 2.05) is 6.07 Å². The van der Waals surface area contributed by atoms with Crippen LogP contribution < -0.4 is 16.6 Å². The summed E-state index contributed by atoms with van der Waals surface area (Å²) in [5.74, 6) is -0.505. The number of hydrogen-bond acceptors (Lipinski definition) is 4. The molecule has 0 amide bonds. The van der Waals surface area contributed by atoms with Gasteiger partial charge in [0.2, 0.25) is 0 Å². The molecule has 2 atom stereocenters. The molecule has 1 aliphatic rings. The number of nitrogens with one attached hydrogen (secondary N) is 1. The van der Waals surface area contributed by atoms with Gasteiger partial charge in [-0.3, -0.25) is 4.79 Å². The van der Waals surface area contributed by atoms with E-state index in [1.54, 1.807) is 22.9 Å². The highest BCUT2D eigenvalue weighted by Crippen LogP contribution is 2.30. The summed E-state index contributed by atoms with van der Waals surface area (Å²) in [5.41, 5.74) is 6.81. The molecule has 3 N–H and O–H groups in total. The fourth-order valence-electron chi connectivity index (χ4n) is 3.14. The normalized spacial score (nSPS) is 21.1. The first-order chi connectivity index (χ1) is 12.1. The smallest absolute Gasteiger partial charge is 0.255 e. The summed E-state index contributed by atoms with van der Waals surface area (Å²) >= 11 is 5.79. The molecule has 1 aliphatic heterocycles. The van der Waals surface area contributed by atoms with Crippen LogP contribution in [0.2, 0.25) is 5.02 Å². The first-order valence-electron chi connectivity index (χ1n) is 8.26. The topological polar surface area (TPSA) is 69.3 Å². The lowest BCUT2D eigenvalue weighted by Gasteiger charge is -2.26. The monoisotopic (exact) mass is 365 g/mol. The van der Waals surface area contributed by atoms with E-state index in [-0.39, 0.29) is 29.1 Å². The van der Waals surface area contributed by atoms with E-state index in [1.165, 1.54) is 12.1 Å². The summed E-state index contributed by atoms with van der Waals surface area (Å²) in [4.78, 5) is 12.4. The third kappa shape index (κ3) is 4.10. The summed E-state index contributed by atoms with van der Waals surface area (Å²) in [6.45, 7) is 2.54. The number of nitrogens with two attached hydrogens (primary N) is 1. The van der Waals surface area contributed by atoms with Crippen LogP contribution in [0.3, 0.4) is 0 Å². The van der Waals surface area contributed by atoms with Gasteiger partial charge in [0.05, 0.1) is 17.7 Å². The molecular formula is C18H21ClFN3O2. The Balaban J connectivity index is 1.91. The second-order valence-corrected chi connectivity index (χ2v) is 6.53. The standard InChI is InChI=1S/C18H21ClFN3O2/c19-15-4-3-12(8-16(15)20)17-14(10-22-5-7-25-17)11-23-6-1-2-13(9-21)18(23)24/h1-4,6,8,14,17,22H,5,7,9-11,21H2. The second kappa shape index (κ2) is 8.10. The maximum Gasteiger partial charge on any atom is 0.255 e. The van der Waals surface area contributed by atoms with Gasteiger partial charge in [0.1, 0.15) is 5.82 Å². The van der Waals surface area contributed by atoms with Gasteiger partial charge in [-0.1, -0.05) is 23.7 Å². The molecule has 2 unspecified atom stereocenters. The summed E-state index contributed by atoms with van der Waals surface area (Å²) < 4.78 is 21.5. The molecule has 0 saturated carbocycles. The molecule has 1 saturated heterocycles. The number of pyridine rings is 1. The van der Waals surface area contributed by atoms with Crippen LogP contribution in [0.1, 0.15) is 17.2 Å². The van der Waals surface area contributed by atoms with Crippen molar-refractivity contribution in [1.29, 1.82) is 0 Å². The third-order valence-electron chi connectivity index (χ3n) is 4.43. The molecule has 134 valence electrons. The van der Waals surface area contributed by atoms with E-state index in [4.69, 9.17) is 22.1 Å². The minimum atomic E-state index is -0.471. The molecule has 0 spiro atoms. The molecule has 25 heavy (non-hydrogen) atoms. The second-order valence-electron chi connectivity index (χ2n) is 6.12. The molecule has 7 heteroatoms. The molecule has 0 aliphatic carbocycles. The molecule has 2 heterocycles. The Bertz CT molecular complexity index is 796. The molecule has 2 aromatic rings. The fourth-order valence-corrected chi connectivity index (χ4v) is 3.26. The predicted molar refractivity (Wildman–Crippen MR) is 95.1 cm³/mol. The Morgan fingerprint density at radius 3 is 3.00 bits per heavy atom. The lowest BCUT2D eigenvalue weighted by molar-refractivity contribution is 0.0248. The largest absolute Gasteiger partial charge is 0.372 e. The van der Waals surface area contributed by atoms with Gasteiger partial charge < -0.3 is 20.4 Å². The van der Waals surface area contributed by atoms with Crippen LogP contribution in [0, 0.1) is 11.7 Å². The molecule has 1 aromatic heterocycles. The van der Waals surface area contributed by atoms with E-state index in [9.17, 15) is 9.18 Å². The Kier molecular flexibility index (Phi) is 5.86. The number of hydrogen-bond donors (Lipinski definition) is 2. The number of benzene rings is 1. The molecule has 0 radical (unpaired) electrons. The zero-order valence-corrected chi connectivity index (χ0v) is 14.5. The van der Waals surface area contributed by atoms with E-state index < -0.39 is 5.82 Å². The first-order valence-corrected chi connectivity index (χ1v) is 8.63. The minimum Gasteiger partial charge on any atom is -0.372 e. The summed E-state index contributed by atoms with van der Waals surface area (Å²) in [6, 6.07) is 8.25. The molecule has 5 nitrogen and oxygen atoms in total. The van der Waals surface area contributed by atoms with Crippen molar-refractivity contribution in [3.05, 3.63) is 68.8 Å². The van der Waals surface area contributed by atoms with Crippen LogP contribution in [-0.2, 0) is 17.8 Å². The van der Waals surface area contributed by atoms with Crippen molar-refractivity contribution in [1.82, 2.24) is 9.88 Å². The molecule has 1 aromatic carbocycles. The number of aromatic nitrogens is 1. The van der Waals surface area contributed by atoms with Crippen molar-refractivity contribution in [2.45, 2.75) is 19.2 Å². The Morgan fingerprint density at radius 2 is 2.24 bits per heavy atom. The van der Waals surface area contributed by atoms with Gasteiger partial charge in [-0.15, -0.1) is 0 Å². The SMILES string of the molecule is NCc1cccn(CC2CNCCOC2c2ccc(Cl)c(F)c2)c1=O. The van der Waals surface area contributed by atoms with Gasteiger partial charge in [-0.2, -0.15) is 0 Å². The van der Waals surface area contributed by atoms with Gasteiger partial charge in [0.15, 0.2) is 0 Å². The van der Waals surface area contributed by atoms with E-state index in [0.717, 1.165) is 5.56 Å². The number of ether oxygens (including phenoxy) is 1. The lowest BCUT2D eigenvalue weighted by Crippen LogP contribution is -2.33. The van der Waals surface area contributed by atoms with Crippen molar-refractivity contribution in [2.24, 2.45) is 11.7 Å². The highest BCUT2D eigenvalue weighted by Gasteiger charge is 2.27. The predicted octanol–water partition coefficient (Wildman–Crippen LogP) is 2.08. The first kappa shape index (κ1) is 18.1. The summed E-state index contributed by atoms with van der Waals surface area (Å²) in [5, 5.41) is 3.39. The maximum atomic E-state index is 13.9. The maximum absolute atomic E-state index is 13.9. The highest BCUT2D eigenvalue weighted by molar-refractivity contribution is 6.30. The Labute approximate surface area is 150 Å². The van der Waals surface area contributed by atoms with Crippen LogP contribution in [0.5, 0.6) is 0 Å². The van der Waals surface area contributed by atoms with Crippen molar-refractivity contribution in [2.75, 3.05) is 19.7 Å².